The van der Waals surface area contributed by atoms with Crippen LogP contribution in [0.25, 0.3) is 0 Å². The van der Waals surface area contributed by atoms with Gasteiger partial charge in [-0.3, -0.25) is 9.59 Å². The first-order chi connectivity index (χ1) is 16.0. The number of nitrogens with one attached hydrogen (secondary N) is 1. The van der Waals surface area contributed by atoms with E-state index in [2.05, 4.69) is 5.32 Å². The maximum Gasteiger partial charge on any atom is 0.256 e. The molecule has 2 amide bonds. The Labute approximate surface area is 191 Å². The first-order valence-corrected chi connectivity index (χ1v) is 10.7. The quantitative estimate of drug-likeness (QED) is 0.614. The molecule has 33 heavy (non-hydrogen) atoms. The molecule has 1 saturated heterocycles. The largest absolute Gasteiger partial charge is 0.497 e. The van der Waals surface area contributed by atoms with E-state index in [1.165, 1.54) is 35.2 Å². The van der Waals surface area contributed by atoms with E-state index in [0.29, 0.717) is 5.75 Å². The average molecular weight is 450 g/mol. The van der Waals surface area contributed by atoms with Gasteiger partial charge in [0, 0.05) is 25.6 Å². The third-order valence-electron chi connectivity index (χ3n) is 5.95. The predicted molar refractivity (Wildman–Crippen MR) is 120 cm³/mol. The van der Waals surface area contributed by atoms with E-state index in [1.807, 2.05) is 24.3 Å². The average Bonchev–Trinajstić information content (AvgIpc) is 3.29. The normalized spacial score (nSPS) is 17.6. The van der Waals surface area contributed by atoms with Gasteiger partial charge in [0.15, 0.2) is 0 Å². The predicted octanol–water partition coefficient (Wildman–Crippen LogP) is 4.15. The molecule has 4 rings (SSSR count). The molecule has 1 aliphatic heterocycles. The van der Waals surface area contributed by atoms with Crippen molar-refractivity contribution in [3.63, 3.8) is 0 Å². The number of hydrogen-bond donors (Lipinski definition) is 1. The molecular formula is C26H24F2N2O3. The Hall–Kier alpha value is -3.74. The number of likely N-dealkylation sites (tertiary alicyclic amines) is 1. The fourth-order valence-electron chi connectivity index (χ4n) is 4.17. The van der Waals surface area contributed by atoms with Gasteiger partial charge in [0.05, 0.1) is 18.6 Å². The molecule has 0 aromatic heterocycles. The van der Waals surface area contributed by atoms with Crippen molar-refractivity contribution < 1.29 is 23.1 Å². The summed E-state index contributed by atoms with van der Waals surface area (Å²) in [5.41, 5.74) is 1.61. The van der Waals surface area contributed by atoms with Gasteiger partial charge in [-0.25, -0.2) is 8.78 Å². The van der Waals surface area contributed by atoms with Crippen LogP contribution in [0.3, 0.4) is 0 Å². The van der Waals surface area contributed by atoms with Crippen LogP contribution in [0.2, 0.25) is 0 Å². The van der Waals surface area contributed by atoms with Crippen LogP contribution in [-0.2, 0) is 11.3 Å². The summed E-state index contributed by atoms with van der Waals surface area (Å²) in [6, 6.07) is 19.1. The zero-order valence-electron chi connectivity index (χ0n) is 18.1. The first-order valence-electron chi connectivity index (χ1n) is 10.7. The van der Waals surface area contributed by atoms with Crippen LogP contribution in [0.4, 0.5) is 8.78 Å². The summed E-state index contributed by atoms with van der Waals surface area (Å²) in [6.07, 6.45) is 0. The molecule has 3 aromatic carbocycles. The van der Waals surface area contributed by atoms with E-state index < -0.39 is 17.6 Å². The Morgan fingerprint density at radius 1 is 1.00 bits per heavy atom. The van der Waals surface area contributed by atoms with Crippen molar-refractivity contribution in [1.82, 2.24) is 10.2 Å². The van der Waals surface area contributed by atoms with Crippen LogP contribution in [-0.4, -0.2) is 36.9 Å². The Balaban J connectivity index is 1.57. The van der Waals surface area contributed by atoms with Crippen molar-refractivity contribution >= 4 is 11.8 Å². The van der Waals surface area contributed by atoms with Gasteiger partial charge in [-0.1, -0.05) is 36.4 Å². The topological polar surface area (TPSA) is 58.6 Å². The Kier molecular flexibility index (Phi) is 6.68. The zero-order chi connectivity index (χ0) is 23.4. The van der Waals surface area contributed by atoms with E-state index in [1.54, 1.807) is 25.3 Å². The highest BCUT2D eigenvalue weighted by molar-refractivity contribution is 5.95. The van der Waals surface area contributed by atoms with E-state index >= 15 is 0 Å². The van der Waals surface area contributed by atoms with Crippen LogP contribution in [0, 0.1) is 17.6 Å². The second-order valence-electron chi connectivity index (χ2n) is 8.02. The highest BCUT2D eigenvalue weighted by atomic mass is 19.1. The van der Waals surface area contributed by atoms with Gasteiger partial charge < -0.3 is 15.0 Å². The van der Waals surface area contributed by atoms with Gasteiger partial charge in [0.25, 0.3) is 5.91 Å². The van der Waals surface area contributed by atoms with Crippen molar-refractivity contribution in [1.29, 1.82) is 0 Å². The molecule has 2 atom stereocenters. The molecule has 0 aliphatic carbocycles. The first kappa shape index (κ1) is 22.5. The summed E-state index contributed by atoms with van der Waals surface area (Å²) >= 11 is 0. The number of methoxy groups -OCH3 is 1. The maximum atomic E-state index is 14.2. The van der Waals surface area contributed by atoms with Crippen LogP contribution in [0.5, 0.6) is 5.75 Å². The van der Waals surface area contributed by atoms with Crippen LogP contribution >= 0.6 is 0 Å². The highest BCUT2D eigenvalue weighted by Gasteiger charge is 2.41. The minimum atomic E-state index is -0.593. The van der Waals surface area contributed by atoms with Gasteiger partial charge in [-0.2, -0.15) is 0 Å². The van der Waals surface area contributed by atoms with E-state index in [4.69, 9.17) is 4.74 Å². The summed E-state index contributed by atoms with van der Waals surface area (Å²) in [6.45, 7) is 0.668. The highest BCUT2D eigenvalue weighted by Crippen LogP contribution is 2.35. The molecule has 3 aromatic rings. The molecule has 1 fully saturated rings. The smallest absolute Gasteiger partial charge is 0.256 e. The molecule has 1 heterocycles. The monoisotopic (exact) mass is 450 g/mol. The Morgan fingerprint density at radius 3 is 2.48 bits per heavy atom. The molecule has 170 valence electrons. The number of carbonyl (C=O) groups excluding carboxylic acids is 2. The van der Waals surface area contributed by atoms with Crippen molar-refractivity contribution in [3.8, 4) is 5.75 Å². The van der Waals surface area contributed by atoms with Gasteiger partial charge in [0.2, 0.25) is 5.91 Å². The Bertz CT molecular complexity index is 1150. The lowest BCUT2D eigenvalue weighted by Crippen LogP contribution is -2.35. The number of amides is 2. The molecule has 1 aliphatic rings. The van der Waals surface area contributed by atoms with Gasteiger partial charge in [0.1, 0.15) is 17.4 Å². The molecule has 0 spiro atoms. The summed E-state index contributed by atoms with van der Waals surface area (Å²) in [5.74, 6) is -1.79. The molecule has 7 heteroatoms. The molecule has 5 nitrogen and oxygen atoms in total. The fourth-order valence-corrected chi connectivity index (χ4v) is 4.17. The summed E-state index contributed by atoms with van der Waals surface area (Å²) in [4.78, 5) is 27.7. The maximum absolute atomic E-state index is 14.2. The van der Waals surface area contributed by atoms with Gasteiger partial charge >= 0.3 is 0 Å². The lowest BCUT2D eigenvalue weighted by atomic mass is 9.88. The van der Waals surface area contributed by atoms with Gasteiger partial charge in [-0.05, 0) is 47.5 Å². The minimum absolute atomic E-state index is 0.0192. The molecule has 0 bridgehead atoms. The number of halogens is 2. The van der Waals surface area contributed by atoms with Crippen molar-refractivity contribution in [2.24, 2.45) is 5.92 Å². The number of rotatable bonds is 6. The standard InChI is InChI=1S/C26H24F2N2O3/c1-33-20-6-4-5-18(13-20)22-15-30(26(32)21-7-2-3-8-24(21)28)16-23(22)25(31)29-14-17-9-11-19(27)12-10-17/h2-13,22-23H,14-16H2,1H3,(H,29,31)/t22-,23-/m0/s1. The number of hydrogen-bond acceptors (Lipinski definition) is 3. The fraction of sp³-hybridized carbons (Fsp3) is 0.231. The van der Waals surface area contributed by atoms with Crippen molar-refractivity contribution in [2.75, 3.05) is 20.2 Å². The molecule has 1 N–H and O–H groups in total. The van der Waals surface area contributed by atoms with Crippen LogP contribution < -0.4 is 10.1 Å². The molecular weight excluding hydrogens is 426 g/mol. The molecule has 0 unspecified atom stereocenters. The lowest BCUT2D eigenvalue weighted by molar-refractivity contribution is -0.125. The van der Waals surface area contributed by atoms with Gasteiger partial charge in [-0.15, -0.1) is 0 Å². The minimum Gasteiger partial charge on any atom is -0.497 e. The number of carbonyl (C=O) groups is 2. The van der Waals surface area contributed by atoms with E-state index in [9.17, 15) is 18.4 Å². The zero-order valence-corrected chi connectivity index (χ0v) is 18.1. The number of nitrogens with zero attached hydrogens (tertiary/aromatic N) is 1. The number of benzene rings is 3. The summed E-state index contributed by atoms with van der Waals surface area (Å²) < 4.78 is 32.7. The SMILES string of the molecule is COc1cccc([C@@H]2CN(C(=O)c3ccccc3F)C[C@@H]2C(=O)NCc2ccc(F)cc2)c1. The second-order valence-corrected chi connectivity index (χ2v) is 8.02. The third kappa shape index (κ3) is 5.03. The van der Waals surface area contributed by atoms with Crippen LogP contribution in [0.1, 0.15) is 27.4 Å². The molecule has 0 saturated carbocycles. The van der Waals surface area contributed by atoms with Crippen LogP contribution in [0.15, 0.2) is 72.8 Å². The lowest BCUT2D eigenvalue weighted by Gasteiger charge is -2.18. The molecule has 0 radical (unpaired) electrons. The Morgan fingerprint density at radius 2 is 1.76 bits per heavy atom. The van der Waals surface area contributed by atoms with Crippen molar-refractivity contribution in [2.45, 2.75) is 12.5 Å². The number of ether oxygens (including phenoxy) is 1. The van der Waals surface area contributed by atoms with E-state index in [-0.39, 0.29) is 42.8 Å². The van der Waals surface area contributed by atoms with Crippen molar-refractivity contribution in [3.05, 3.63) is 101 Å². The second kappa shape index (κ2) is 9.81. The summed E-state index contributed by atoms with van der Waals surface area (Å²) in [5, 5.41) is 2.89. The third-order valence-corrected chi connectivity index (χ3v) is 5.95. The summed E-state index contributed by atoms with van der Waals surface area (Å²) in [7, 11) is 1.56. The van der Waals surface area contributed by atoms with E-state index in [0.717, 1.165) is 11.1 Å².